The molecule has 0 amide bonds. The van der Waals surface area contributed by atoms with Gasteiger partial charge in [0.05, 0.1) is 5.60 Å². The zero-order chi connectivity index (χ0) is 16.0. The highest BCUT2D eigenvalue weighted by Gasteiger charge is 2.41. The number of unbranched alkanes of at least 4 members (excludes halogenated alkanes) is 1. The van der Waals surface area contributed by atoms with E-state index in [0.717, 1.165) is 6.42 Å². The van der Waals surface area contributed by atoms with Crippen LogP contribution in [0, 0.1) is 5.92 Å². The first kappa shape index (κ1) is 20.2. The molecule has 20 heavy (non-hydrogen) atoms. The SMILES string of the molecule is CC(/C=C/Cl)CCCCC(C)(C)O[Si](C)(C)C(C)(C)C. The van der Waals surface area contributed by atoms with Crippen molar-refractivity contribution in [2.24, 2.45) is 5.92 Å². The van der Waals surface area contributed by atoms with Gasteiger partial charge in [0.25, 0.3) is 0 Å². The van der Waals surface area contributed by atoms with Gasteiger partial charge in [0.15, 0.2) is 8.32 Å². The molecule has 0 fully saturated rings. The summed E-state index contributed by atoms with van der Waals surface area (Å²) in [7, 11) is -1.66. The molecule has 0 aliphatic carbocycles. The molecule has 0 spiro atoms. The Labute approximate surface area is 133 Å². The normalized spacial score (nSPS) is 15.8. The van der Waals surface area contributed by atoms with Crippen LogP contribution in [0.15, 0.2) is 11.6 Å². The number of hydrogen-bond acceptors (Lipinski definition) is 1. The summed E-state index contributed by atoms with van der Waals surface area (Å²) in [5.41, 5.74) is 1.63. The van der Waals surface area contributed by atoms with Gasteiger partial charge in [-0.05, 0) is 50.7 Å². The van der Waals surface area contributed by atoms with Crippen molar-refractivity contribution < 1.29 is 4.43 Å². The highest BCUT2D eigenvalue weighted by molar-refractivity contribution is 6.74. The van der Waals surface area contributed by atoms with Crippen molar-refractivity contribution in [3.8, 4) is 0 Å². The number of allylic oxidation sites excluding steroid dienone is 1. The Morgan fingerprint density at radius 3 is 2.10 bits per heavy atom. The van der Waals surface area contributed by atoms with E-state index < -0.39 is 8.32 Å². The Morgan fingerprint density at radius 2 is 1.65 bits per heavy atom. The van der Waals surface area contributed by atoms with Crippen molar-refractivity contribution in [2.75, 3.05) is 0 Å². The Bertz CT molecular complexity index is 303. The van der Waals surface area contributed by atoms with Gasteiger partial charge in [-0.1, -0.05) is 58.2 Å². The van der Waals surface area contributed by atoms with Crippen LogP contribution in [0.2, 0.25) is 18.1 Å². The molecule has 1 unspecified atom stereocenters. The quantitative estimate of drug-likeness (QED) is 0.356. The minimum atomic E-state index is -1.66. The van der Waals surface area contributed by atoms with Gasteiger partial charge in [-0.2, -0.15) is 0 Å². The summed E-state index contributed by atoms with van der Waals surface area (Å²) in [5, 5.41) is 0.282. The molecule has 0 bridgehead atoms. The number of halogens is 1. The smallest absolute Gasteiger partial charge is 0.192 e. The van der Waals surface area contributed by atoms with Crippen LogP contribution in [0.1, 0.15) is 67.2 Å². The zero-order valence-electron chi connectivity index (χ0n) is 14.8. The fourth-order valence-electron chi connectivity index (χ4n) is 2.13. The van der Waals surface area contributed by atoms with E-state index in [4.69, 9.17) is 16.0 Å². The lowest BCUT2D eigenvalue weighted by atomic mass is 9.97. The molecule has 0 aromatic carbocycles. The van der Waals surface area contributed by atoms with Crippen LogP contribution in [-0.4, -0.2) is 13.9 Å². The van der Waals surface area contributed by atoms with Crippen molar-refractivity contribution in [1.82, 2.24) is 0 Å². The molecule has 0 saturated heterocycles. The first-order valence-electron chi connectivity index (χ1n) is 7.88. The average molecular weight is 319 g/mol. The third-order valence-electron chi connectivity index (χ3n) is 4.43. The molecule has 0 saturated carbocycles. The summed E-state index contributed by atoms with van der Waals surface area (Å²) in [6.07, 6.45) is 6.88. The highest BCUT2D eigenvalue weighted by Crippen LogP contribution is 2.40. The van der Waals surface area contributed by atoms with Crippen LogP contribution >= 0.6 is 11.6 Å². The van der Waals surface area contributed by atoms with E-state index >= 15 is 0 Å². The third kappa shape index (κ3) is 7.85. The predicted octanol–water partition coefficient (Wildman–Crippen LogP) is 6.74. The van der Waals surface area contributed by atoms with Crippen molar-refractivity contribution in [3.05, 3.63) is 11.6 Å². The Morgan fingerprint density at radius 1 is 1.10 bits per heavy atom. The lowest BCUT2D eigenvalue weighted by Crippen LogP contribution is -2.47. The van der Waals surface area contributed by atoms with Gasteiger partial charge in [-0.25, -0.2) is 0 Å². The molecule has 0 rings (SSSR count). The second-order valence-corrected chi connectivity index (χ2v) is 13.1. The van der Waals surface area contributed by atoms with E-state index in [-0.39, 0.29) is 10.6 Å². The van der Waals surface area contributed by atoms with Crippen LogP contribution in [-0.2, 0) is 4.43 Å². The Hall–Kier alpha value is 0.207. The maximum absolute atomic E-state index is 6.55. The summed E-state index contributed by atoms with van der Waals surface area (Å²) in [4.78, 5) is 0. The van der Waals surface area contributed by atoms with Crippen LogP contribution in [0.25, 0.3) is 0 Å². The van der Waals surface area contributed by atoms with Crippen molar-refractivity contribution in [1.29, 1.82) is 0 Å². The van der Waals surface area contributed by atoms with E-state index in [0.29, 0.717) is 5.92 Å². The predicted molar refractivity (Wildman–Crippen MR) is 95.0 cm³/mol. The molecule has 1 nitrogen and oxygen atoms in total. The molecule has 0 aromatic heterocycles. The first-order valence-corrected chi connectivity index (χ1v) is 11.2. The molecular weight excluding hydrogens is 284 g/mol. The Balaban J connectivity index is 4.20. The minimum Gasteiger partial charge on any atom is -0.412 e. The molecule has 1 atom stereocenters. The van der Waals surface area contributed by atoms with Gasteiger partial charge >= 0.3 is 0 Å². The van der Waals surface area contributed by atoms with Crippen molar-refractivity contribution in [3.63, 3.8) is 0 Å². The van der Waals surface area contributed by atoms with Gasteiger partial charge in [0.2, 0.25) is 0 Å². The molecule has 3 heteroatoms. The fraction of sp³-hybridized carbons (Fsp3) is 0.882. The molecule has 120 valence electrons. The second kappa shape index (κ2) is 8.00. The van der Waals surface area contributed by atoms with E-state index in [1.54, 1.807) is 5.54 Å². The largest absolute Gasteiger partial charge is 0.412 e. The average Bonchev–Trinajstić information content (AvgIpc) is 2.21. The maximum atomic E-state index is 6.55. The topological polar surface area (TPSA) is 9.23 Å². The van der Waals surface area contributed by atoms with Gasteiger partial charge < -0.3 is 4.43 Å². The number of hydrogen-bond donors (Lipinski definition) is 0. The molecule has 0 heterocycles. The highest BCUT2D eigenvalue weighted by atomic mass is 35.5. The van der Waals surface area contributed by atoms with Crippen LogP contribution in [0.5, 0.6) is 0 Å². The molecule has 0 radical (unpaired) electrons. The summed E-state index contributed by atoms with van der Waals surface area (Å²) in [6.45, 7) is 18.3. The van der Waals surface area contributed by atoms with Crippen LogP contribution in [0.4, 0.5) is 0 Å². The molecular formula is C17H35ClOSi. The Kier molecular flexibility index (Phi) is 8.09. The fourth-order valence-corrected chi connectivity index (χ4v) is 4.17. The lowest BCUT2D eigenvalue weighted by molar-refractivity contribution is 0.0791. The molecule has 0 N–H and O–H groups in total. The van der Waals surface area contributed by atoms with Crippen LogP contribution < -0.4 is 0 Å². The van der Waals surface area contributed by atoms with Gasteiger partial charge in [-0.3, -0.25) is 0 Å². The van der Waals surface area contributed by atoms with E-state index in [9.17, 15) is 0 Å². The summed E-state index contributed by atoms with van der Waals surface area (Å²) in [5.74, 6) is 0.580. The van der Waals surface area contributed by atoms with Gasteiger partial charge in [0.1, 0.15) is 0 Å². The van der Waals surface area contributed by atoms with Crippen molar-refractivity contribution >= 4 is 19.9 Å². The molecule has 0 aliphatic heterocycles. The van der Waals surface area contributed by atoms with Crippen molar-refractivity contribution in [2.45, 2.75) is 91.0 Å². The molecule has 0 aliphatic rings. The third-order valence-corrected chi connectivity index (χ3v) is 9.25. The zero-order valence-corrected chi connectivity index (χ0v) is 16.6. The van der Waals surface area contributed by atoms with E-state index in [1.165, 1.54) is 19.3 Å². The standard InChI is InChI=1S/C17H35ClOSi/c1-15(12-14-18)11-9-10-13-17(5,6)19-20(7,8)16(2,3)4/h12,14-15H,9-11,13H2,1-8H3/b14-12+. The second-order valence-electron chi connectivity index (χ2n) is 8.16. The first-order chi connectivity index (χ1) is 8.91. The lowest BCUT2D eigenvalue weighted by Gasteiger charge is -2.43. The summed E-state index contributed by atoms with van der Waals surface area (Å²) >= 11 is 5.60. The van der Waals surface area contributed by atoms with Crippen LogP contribution in [0.3, 0.4) is 0 Å². The summed E-state index contributed by atoms with van der Waals surface area (Å²) < 4.78 is 6.55. The maximum Gasteiger partial charge on any atom is 0.192 e. The number of rotatable bonds is 8. The van der Waals surface area contributed by atoms with Gasteiger partial charge in [0, 0.05) is 5.54 Å². The monoisotopic (exact) mass is 318 g/mol. The van der Waals surface area contributed by atoms with E-state index in [2.05, 4.69) is 60.7 Å². The minimum absolute atomic E-state index is 0.00539. The molecule has 0 aromatic rings. The summed E-state index contributed by atoms with van der Waals surface area (Å²) in [6, 6.07) is 0. The van der Waals surface area contributed by atoms with Gasteiger partial charge in [-0.15, -0.1) is 0 Å². The van der Waals surface area contributed by atoms with E-state index in [1.807, 2.05) is 0 Å².